The number of ether oxygens (including phenoxy) is 1. The van der Waals surface area contributed by atoms with Crippen LogP contribution in [0.5, 0.6) is 11.5 Å². The second-order valence-electron chi connectivity index (χ2n) is 4.95. The molecule has 0 amide bonds. The average Bonchev–Trinajstić information content (AvgIpc) is 2.52. The quantitative estimate of drug-likeness (QED) is 0.767. The average molecular weight is 294 g/mol. The van der Waals surface area contributed by atoms with E-state index in [4.69, 9.17) is 9.84 Å². The molecule has 0 aliphatic heterocycles. The van der Waals surface area contributed by atoms with Gasteiger partial charge in [-0.3, -0.25) is 0 Å². The zero-order chi connectivity index (χ0) is 15.5. The first-order valence-corrected chi connectivity index (χ1v) is 6.80. The van der Waals surface area contributed by atoms with Crippen molar-refractivity contribution >= 4 is 16.7 Å². The molecule has 0 bridgehead atoms. The van der Waals surface area contributed by atoms with Crippen LogP contribution in [-0.4, -0.2) is 16.2 Å². The fraction of sp³-hybridized carbons (Fsp3) is 0.0556. The van der Waals surface area contributed by atoms with E-state index in [2.05, 4.69) is 0 Å². The van der Waals surface area contributed by atoms with Crippen molar-refractivity contribution in [1.29, 1.82) is 0 Å². The number of hydrogen-bond donors (Lipinski definition) is 2. The highest BCUT2D eigenvalue weighted by atomic mass is 16.5. The van der Waals surface area contributed by atoms with Crippen molar-refractivity contribution < 1.29 is 19.7 Å². The summed E-state index contributed by atoms with van der Waals surface area (Å²) < 4.78 is 5.60. The van der Waals surface area contributed by atoms with Gasteiger partial charge in [-0.2, -0.15) is 0 Å². The van der Waals surface area contributed by atoms with Gasteiger partial charge in [-0.1, -0.05) is 36.4 Å². The van der Waals surface area contributed by atoms with Crippen molar-refractivity contribution in [2.24, 2.45) is 0 Å². The molecular formula is C18H14O4. The van der Waals surface area contributed by atoms with Crippen molar-refractivity contribution in [3.8, 4) is 11.5 Å². The number of benzene rings is 3. The Kier molecular flexibility index (Phi) is 3.66. The van der Waals surface area contributed by atoms with Gasteiger partial charge in [0.15, 0.2) is 0 Å². The van der Waals surface area contributed by atoms with Crippen molar-refractivity contribution in [3.05, 3.63) is 71.8 Å². The molecule has 0 saturated heterocycles. The summed E-state index contributed by atoms with van der Waals surface area (Å²) in [4.78, 5) is 10.8. The lowest BCUT2D eigenvalue weighted by Crippen LogP contribution is -1.99. The minimum absolute atomic E-state index is 0.141. The Balaban J connectivity index is 1.76. The number of hydrogen-bond acceptors (Lipinski definition) is 3. The predicted octanol–water partition coefficient (Wildman–Crippen LogP) is 3.82. The Bertz CT molecular complexity index is 839. The van der Waals surface area contributed by atoms with Gasteiger partial charge in [-0.05, 0) is 34.5 Å². The molecule has 2 N–H and O–H groups in total. The third-order valence-corrected chi connectivity index (χ3v) is 3.42. The zero-order valence-corrected chi connectivity index (χ0v) is 11.7. The standard InChI is InChI=1S/C18H14O4/c19-17-10-15(7-8-16(17)18(20)21)22-11-12-5-6-13-3-1-2-4-14(13)9-12/h1-10,19H,11H2,(H,20,21). The highest BCUT2D eigenvalue weighted by molar-refractivity contribution is 5.90. The van der Waals surface area contributed by atoms with Crippen LogP contribution in [0.3, 0.4) is 0 Å². The first-order chi connectivity index (χ1) is 10.6. The van der Waals surface area contributed by atoms with Gasteiger partial charge in [0.1, 0.15) is 23.7 Å². The summed E-state index contributed by atoms with van der Waals surface area (Å²) in [7, 11) is 0. The van der Waals surface area contributed by atoms with Crippen LogP contribution in [-0.2, 0) is 6.61 Å². The normalized spacial score (nSPS) is 10.5. The smallest absolute Gasteiger partial charge is 0.339 e. The van der Waals surface area contributed by atoms with Gasteiger partial charge >= 0.3 is 5.97 Å². The van der Waals surface area contributed by atoms with Crippen LogP contribution in [0.1, 0.15) is 15.9 Å². The first kappa shape index (κ1) is 13.9. The number of phenols is 1. The zero-order valence-electron chi connectivity index (χ0n) is 11.7. The van der Waals surface area contributed by atoms with Crippen LogP contribution in [0, 0.1) is 0 Å². The molecule has 3 aromatic rings. The molecule has 0 fully saturated rings. The monoisotopic (exact) mass is 294 g/mol. The molecule has 110 valence electrons. The van der Waals surface area contributed by atoms with E-state index < -0.39 is 5.97 Å². The lowest BCUT2D eigenvalue weighted by molar-refractivity contribution is 0.0693. The number of carboxylic acid groups (broad SMARTS) is 1. The molecule has 0 spiro atoms. The molecule has 0 unspecified atom stereocenters. The van der Waals surface area contributed by atoms with Crippen molar-refractivity contribution in [3.63, 3.8) is 0 Å². The number of rotatable bonds is 4. The number of carboxylic acids is 1. The Morgan fingerprint density at radius 2 is 1.73 bits per heavy atom. The lowest BCUT2D eigenvalue weighted by atomic mass is 10.1. The Labute approximate surface area is 127 Å². The van der Waals surface area contributed by atoms with Gasteiger partial charge in [-0.15, -0.1) is 0 Å². The van der Waals surface area contributed by atoms with Crippen molar-refractivity contribution in [2.45, 2.75) is 6.61 Å². The highest BCUT2D eigenvalue weighted by Crippen LogP contribution is 2.24. The van der Waals surface area contributed by atoms with Crippen LogP contribution >= 0.6 is 0 Å². The van der Waals surface area contributed by atoms with E-state index in [1.54, 1.807) is 0 Å². The largest absolute Gasteiger partial charge is 0.507 e. The second kappa shape index (κ2) is 5.77. The van der Waals surface area contributed by atoms with E-state index in [1.807, 2.05) is 42.5 Å². The maximum atomic E-state index is 10.8. The van der Waals surface area contributed by atoms with E-state index >= 15 is 0 Å². The van der Waals surface area contributed by atoms with Crippen LogP contribution in [0.25, 0.3) is 10.8 Å². The third kappa shape index (κ3) is 2.86. The minimum atomic E-state index is -1.17. The molecular weight excluding hydrogens is 280 g/mol. The SMILES string of the molecule is O=C(O)c1ccc(OCc2ccc3ccccc3c2)cc1O. The molecule has 0 atom stereocenters. The van der Waals surface area contributed by atoms with E-state index in [1.165, 1.54) is 18.2 Å². The van der Waals surface area contributed by atoms with Gasteiger partial charge < -0.3 is 14.9 Å². The van der Waals surface area contributed by atoms with Crippen LogP contribution < -0.4 is 4.74 Å². The van der Waals surface area contributed by atoms with Gasteiger partial charge in [0.2, 0.25) is 0 Å². The van der Waals surface area contributed by atoms with E-state index in [0.29, 0.717) is 12.4 Å². The fourth-order valence-corrected chi connectivity index (χ4v) is 2.28. The van der Waals surface area contributed by atoms with Gasteiger partial charge in [0.05, 0.1) is 0 Å². The van der Waals surface area contributed by atoms with Crippen LogP contribution in [0.2, 0.25) is 0 Å². The summed E-state index contributed by atoms with van der Waals surface area (Å²) in [5.41, 5.74) is 0.860. The minimum Gasteiger partial charge on any atom is -0.507 e. The summed E-state index contributed by atoms with van der Waals surface area (Å²) in [6.07, 6.45) is 0. The second-order valence-corrected chi connectivity index (χ2v) is 4.95. The van der Waals surface area contributed by atoms with Crippen LogP contribution in [0.15, 0.2) is 60.7 Å². The topological polar surface area (TPSA) is 66.8 Å². The molecule has 0 aliphatic carbocycles. The van der Waals surface area contributed by atoms with E-state index in [9.17, 15) is 9.90 Å². The van der Waals surface area contributed by atoms with E-state index in [0.717, 1.165) is 16.3 Å². The molecule has 4 nitrogen and oxygen atoms in total. The fourth-order valence-electron chi connectivity index (χ4n) is 2.28. The summed E-state index contributed by atoms with van der Waals surface area (Å²) in [5, 5.41) is 20.8. The Morgan fingerprint density at radius 1 is 0.955 bits per heavy atom. The molecule has 3 rings (SSSR count). The lowest BCUT2D eigenvalue weighted by Gasteiger charge is -2.08. The van der Waals surface area contributed by atoms with Gasteiger partial charge in [0, 0.05) is 6.07 Å². The number of fused-ring (bicyclic) bond motifs is 1. The van der Waals surface area contributed by atoms with Gasteiger partial charge in [-0.25, -0.2) is 4.79 Å². The predicted molar refractivity (Wildman–Crippen MR) is 83.3 cm³/mol. The molecule has 0 heterocycles. The Hall–Kier alpha value is -3.01. The molecule has 22 heavy (non-hydrogen) atoms. The number of carbonyl (C=O) groups is 1. The molecule has 4 heteroatoms. The number of aromatic carboxylic acids is 1. The third-order valence-electron chi connectivity index (χ3n) is 3.42. The number of aromatic hydroxyl groups is 1. The molecule has 3 aromatic carbocycles. The first-order valence-electron chi connectivity index (χ1n) is 6.80. The highest BCUT2D eigenvalue weighted by Gasteiger charge is 2.10. The summed E-state index contributed by atoms with van der Waals surface area (Å²) >= 11 is 0. The maximum absolute atomic E-state index is 10.8. The molecule has 0 radical (unpaired) electrons. The molecule has 0 aromatic heterocycles. The summed E-state index contributed by atoms with van der Waals surface area (Å²) in [6, 6.07) is 18.3. The Morgan fingerprint density at radius 3 is 2.45 bits per heavy atom. The van der Waals surface area contributed by atoms with Gasteiger partial charge in [0.25, 0.3) is 0 Å². The molecule has 0 aliphatic rings. The van der Waals surface area contributed by atoms with E-state index in [-0.39, 0.29) is 11.3 Å². The molecule has 0 saturated carbocycles. The summed E-state index contributed by atoms with van der Waals surface area (Å²) in [6.45, 7) is 0.344. The van der Waals surface area contributed by atoms with Crippen LogP contribution in [0.4, 0.5) is 0 Å². The summed E-state index contributed by atoms with van der Waals surface area (Å²) in [5.74, 6) is -1.04. The van der Waals surface area contributed by atoms with Crippen molar-refractivity contribution in [1.82, 2.24) is 0 Å². The maximum Gasteiger partial charge on any atom is 0.339 e. The van der Waals surface area contributed by atoms with Crippen molar-refractivity contribution in [2.75, 3.05) is 0 Å².